The van der Waals surface area contributed by atoms with Gasteiger partial charge in [0.15, 0.2) is 6.10 Å². The molecule has 1 aliphatic carbocycles. The highest BCUT2D eigenvalue weighted by molar-refractivity contribution is 6.31. The van der Waals surface area contributed by atoms with Gasteiger partial charge in [-0.15, -0.1) is 0 Å². The van der Waals surface area contributed by atoms with E-state index in [4.69, 9.17) is 16.3 Å². The maximum atomic E-state index is 12.6. The summed E-state index contributed by atoms with van der Waals surface area (Å²) in [5.41, 5.74) is 0.0842. The molecule has 0 aromatic heterocycles. The zero-order chi connectivity index (χ0) is 19.2. The largest absolute Gasteiger partial charge is 0.453 e. The van der Waals surface area contributed by atoms with Gasteiger partial charge in [0.25, 0.3) is 5.91 Å². The van der Waals surface area contributed by atoms with Crippen LogP contribution >= 0.6 is 11.6 Å². The third kappa shape index (κ3) is 4.76. The molecule has 0 bridgehead atoms. The lowest BCUT2D eigenvalue weighted by molar-refractivity contribution is -0.160. The molecule has 1 atom stereocenters. The fourth-order valence-electron chi connectivity index (χ4n) is 3.39. The highest BCUT2D eigenvalue weighted by Gasteiger charge is 2.40. The van der Waals surface area contributed by atoms with Crippen molar-refractivity contribution in [2.75, 3.05) is 7.05 Å². The zero-order valence-electron chi connectivity index (χ0n) is 15.3. The minimum absolute atomic E-state index is 0.147. The van der Waals surface area contributed by atoms with Gasteiger partial charge in [0.1, 0.15) is 5.54 Å². The average molecular weight is 377 g/mol. The molecule has 140 valence electrons. The lowest BCUT2D eigenvalue weighted by atomic mass is 9.81. The van der Waals surface area contributed by atoms with Crippen LogP contribution < -0.4 is 0 Å². The number of carbonyl (C=O) groups excluding carboxylic acids is 2. The number of hydrogen-bond donors (Lipinski definition) is 0. The van der Waals surface area contributed by atoms with E-state index in [1.807, 2.05) is 18.2 Å². The van der Waals surface area contributed by atoms with Crippen molar-refractivity contribution >= 4 is 23.5 Å². The number of nitriles is 1. The summed E-state index contributed by atoms with van der Waals surface area (Å²) < 4.78 is 5.29. The van der Waals surface area contributed by atoms with E-state index >= 15 is 0 Å². The number of rotatable bonds is 6. The molecule has 2 rings (SSSR count). The molecular weight excluding hydrogens is 352 g/mol. The van der Waals surface area contributed by atoms with Gasteiger partial charge in [0, 0.05) is 18.5 Å². The summed E-state index contributed by atoms with van der Waals surface area (Å²) in [7, 11) is 1.63. The van der Waals surface area contributed by atoms with Crippen molar-refractivity contribution in [1.29, 1.82) is 5.26 Å². The van der Waals surface area contributed by atoms with Crippen LogP contribution in [0.5, 0.6) is 0 Å². The van der Waals surface area contributed by atoms with Crippen molar-refractivity contribution in [3.63, 3.8) is 0 Å². The highest BCUT2D eigenvalue weighted by Crippen LogP contribution is 2.33. The number of likely N-dealkylation sites (N-methyl/N-ethyl adjacent to an activating group) is 1. The van der Waals surface area contributed by atoms with E-state index in [1.54, 1.807) is 20.0 Å². The number of hydrogen-bond acceptors (Lipinski definition) is 4. The Balaban J connectivity index is 1.90. The number of ether oxygens (including phenoxy) is 1. The summed E-state index contributed by atoms with van der Waals surface area (Å²) in [6.45, 7) is 1.56. The highest BCUT2D eigenvalue weighted by atomic mass is 35.5. The van der Waals surface area contributed by atoms with Crippen LogP contribution in [0.25, 0.3) is 0 Å². The van der Waals surface area contributed by atoms with Crippen molar-refractivity contribution in [3.05, 3.63) is 34.9 Å². The van der Waals surface area contributed by atoms with E-state index in [0.717, 1.165) is 24.8 Å². The second-order valence-electron chi connectivity index (χ2n) is 6.82. The number of carbonyl (C=O) groups is 2. The zero-order valence-corrected chi connectivity index (χ0v) is 16.1. The van der Waals surface area contributed by atoms with Crippen molar-refractivity contribution in [2.45, 2.75) is 63.5 Å². The smallest absolute Gasteiger partial charge is 0.306 e. The first-order chi connectivity index (χ1) is 12.4. The molecule has 1 unspecified atom stereocenters. The van der Waals surface area contributed by atoms with E-state index in [2.05, 4.69) is 6.07 Å². The molecule has 1 amide bonds. The first-order valence-corrected chi connectivity index (χ1v) is 9.39. The molecule has 1 saturated carbocycles. The van der Waals surface area contributed by atoms with Crippen molar-refractivity contribution < 1.29 is 14.3 Å². The van der Waals surface area contributed by atoms with Crippen LogP contribution in [0.2, 0.25) is 5.02 Å². The Morgan fingerprint density at radius 2 is 1.96 bits per heavy atom. The van der Waals surface area contributed by atoms with Crippen LogP contribution in [0.15, 0.2) is 24.3 Å². The molecule has 0 N–H and O–H groups in total. The fourth-order valence-corrected chi connectivity index (χ4v) is 3.62. The molecule has 26 heavy (non-hydrogen) atoms. The van der Waals surface area contributed by atoms with Gasteiger partial charge in [0.05, 0.1) is 6.07 Å². The first-order valence-electron chi connectivity index (χ1n) is 9.01. The molecule has 1 aromatic carbocycles. The summed E-state index contributed by atoms with van der Waals surface area (Å²) in [5, 5.41) is 10.2. The maximum Gasteiger partial charge on any atom is 0.306 e. The van der Waals surface area contributed by atoms with E-state index in [-0.39, 0.29) is 12.3 Å². The van der Waals surface area contributed by atoms with Gasteiger partial charge in [-0.25, -0.2) is 0 Å². The number of esters is 1. The summed E-state index contributed by atoms with van der Waals surface area (Å²) in [6.07, 6.45) is 3.96. The molecule has 0 saturated heterocycles. The Bertz CT molecular complexity index is 693. The predicted octanol–water partition coefficient (Wildman–Crippen LogP) is 3.89. The number of benzene rings is 1. The quantitative estimate of drug-likeness (QED) is 0.706. The monoisotopic (exact) mass is 376 g/mol. The predicted molar refractivity (Wildman–Crippen MR) is 99.5 cm³/mol. The van der Waals surface area contributed by atoms with Gasteiger partial charge in [-0.3, -0.25) is 9.59 Å². The van der Waals surface area contributed by atoms with E-state index in [1.165, 1.54) is 4.90 Å². The number of nitrogens with zero attached hydrogens (tertiary/aromatic N) is 2. The second-order valence-corrected chi connectivity index (χ2v) is 7.23. The van der Waals surface area contributed by atoms with Gasteiger partial charge in [-0.1, -0.05) is 49.1 Å². The summed E-state index contributed by atoms with van der Waals surface area (Å²) in [5.74, 6) is -0.784. The molecule has 6 heteroatoms. The molecule has 1 fully saturated rings. The Labute approximate surface area is 159 Å². The van der Waals surface area contributed by atoms with E-state index in [0.29, 0.717) is 24.3 Å². The molecule has 0 aliphatic heterocycles. The SMILES string of the molecule is CC(OC(=O)CCc1ccccc1Cl)C(=O)N(C)C1(C#N)CCCCC1. The molecule has 5 nitrogen and oxygen atoms in total. The Morgan fingerprint density at radius 1 is 1.31 bits per heavy atom. The standard InChI is InChI=1S/C20H25ClN2O3/c1-15(19(25)23(2)20(14-22)12-6-3-7-13-20)26-18(24)11-10-16-8-4-5-9-17(16)21/h4-5,8-9,15H,3,6-7,10-13H2,1-2H3. The van der Waals surface area contributed by atoms with Crippen LogP contribution in [-0.2, 0) is 20.7 Å². The molecule has 0 spiro atoms. The van der Waals surface area contributed by atoms with Crippen LogP contribution in [0.4, 0.5) is 0 Å². The third-order valence-electron chi connectivity index (χ3n) is 5.07. The van der Waals surface area contributed by atoms with Gasteiger partial charge in [-0.05, 0) is 37.8 Å². The summed E-state index contributed by atoms with van der Waals surface area (Å²) in [4.78, 5) is 26.2. The van der Waals surface area contributed by atoms with Gasteiger partial charge >= 0.3 is 5.97 Å². The van der Waals surface area contributed by atoms with Gasteiger partial charge in [-0.2, -0.15) is 5.26 Å². The third-order valence-corrected chi connectivity index (χ3v) is 5.44. The van der Waals surface area contributed by atoms with Crippen LogP contribution in [0.3, 0.4) is 0 Å². The van der Waals surface area contributed by atoms with Crippen molar-refractivity contribution in [3.8, 4) is 6.07 Å². The van der Waals surface area contributed by atoms with Gasteiger partial charge < -0.3 is 9.64 Å². The topological polar surface area (TPSA) is 70.4 Å². The normalized spacial score (nSPS) is 17.0. The van der Waals surface area contributed by atoms with Crippen LogP contribution in [-0.4, -0.2) is 35.5 Å². The minimum Gasteiger partial charge on any atom is -0.453 e. The van der Waals surface area contributed by atoms with E-state index < -0.39 is 17.6 Å². The van der Waals surface area contributed by atoms with Gasteiger partial charge in [0.2, 0.25) is 0 Å². The van der Waals surface area contributed by atoms with Crippen molar-refractivity contribution in [2.24, 2.45) is 0 Å². The van der Waals surface area contributed by atoms with Crippen LogP contribution in [0.1, 0.15) is 51.0 Å². The summed E-state index contributed by atoms with van der Waals surface area (Å²) >= 11 is 6.08. The number of amides is 1. The Hall–Kier alpha value is -2.06. The molecular formula is C20H25ClN2O3. The second kappa shape index (κ2) is 9.05. The van der Waals surface area contributed by atoms with Crippen LogP contribution in [0, 0.1) is 11.3 Å². The lowest BCUT2D eigenvalue weighted by Gasteiger charge is -2.39. The fraction of sp³-hybridized carbons (Fsp3) is 0.550. The first kappa shape index (κ1) is 20.3. The Kier molecular flexibility index (Phi) is 7.05. The maximum absolute atomic E-state index is 12.6. The lowest BCUT2D eigenvalue weighted by Crippen LogP contribution is -2.53. The molecule has 0 radical (unpaired) electrons. The summed E-state index contributed by atoms with van der Waals surface area (Å²) in [6, 6.07) is 9.63. The molecule has 1 aliphatic rings. The number of halogens is 1. The minimum atomic E-state index is -0.911. The Morgan fingerprint density at radius 3 is 2.58 bits per heavy atom. The number of aryl methyl sites for hydroxylation is 1. The molecule has 1 aromatic rings. The van der Waals surface area contributed by atoms with Crippen molar-refractivity contribution in [1.82, 2.24) is 4.90 Å². The average Bonchev–Trinajstić information content (AvgIpc) is 2.66. The van der Waals surface area contributed by atoms with E-state index in [9.17, 15) is 14.9 Å². The molecule has 0 heterocycles.